The highest BCUT2D eigenvalue weighted by atomic mass is 16.7. The Bertz CT molecular complexity index is 3560. The van der Waals surface area contributed by atoms with Gasteiger partial charge in [0.15, 0.2) is 44.0 Å². The summed E-state index contributed by atoms with van der Waals surface area (Å²) < 4.78 is 58.1. The third-order valence-corrected chi connectivity index (χ3v) is 19.8. The molecule has 6 fully saturated rings. The fourth-order valence-electron chi connectivity index (χ4n) is 13.5. The van der Waals surface area contributed by atoms with Crippen LogP contribution in [0.5, 0.6) is 0 Å². The van der Waals surface area contributed by atoms with E-state index in [1.165, 1.54) is 0 Å². The van der Waals surface area contributed by atoms with Crippen LogP contribution in [-0.4, -0.2) is 318 Å². The van der Waals surface area contributed by atoms with Gasteiger partial charge in [0.05, 0.1) is 134 Å². The number of carbonyl (C=O) groups excluding carboxylic acids is 1. The zero-order valence-electron chi connectivity index (χ0n) is 63.3. The van der Waals surface area contributed by atoms with Crippen LogP contribution >= 0.6 is 0 Å². The number of aliphatic hydroxyl groups excluding tert-OH is 13. The molecule has 6 aliphatic rings. The lowest BCUT2D eigenvalue weighted by Gasteiger charge is -2.47. The van der Waals surface area contributed by atoms with Crippen LogP contribution in [0.2, 0.25) is 0 Å². The number of nitrogens with two attached hydrogens (primary N) is 5. The SMILES string of the molecule is C.CCO.NC1C[C@H](O[C@@H]2OC(CO)[C@@H](O)[C@H](O)C2N)C(CO)O[C@H]1O[C@H]1CC(N)[C@H](O)OC1CO.NC1C[C@H](O[C@@H]2OC(CO)[C@@H](O[C@@H]3OC(CO)[C@@H](O)[C@H](O)C3N)CC2NCc2ccc(CN(Cc3ccccn3)Cc3ccccn3)nc2)C(CO)O[C@H]1O.O=Cc1ccc(CN(Cc2ccccn2)Cc2ccccn2)nc1. The van der Waals surface area contributed by atoms with Crippen LogP contribution in [-0.2, 0) is 93.2 Å². The van der Waals surface area contributed by atoms with Gasteiger partial charge in [-0.05, 0) is 105 Å². The van der Waals surface area contributed by atoms with Crippen molar-refractivity contribution in [2.75, 3.05) is 46.2 Å². The third-order valence-electron chi connectivity index (χ3n) is 19.8. The second kappa shape index (κ2) is 47.8. The molecule has 6 saturated heterocycles. The lowest BCUT2D eigenvalue weighted by Crippen LogP contribution is -2.65. The highest BCUT2D eigenvalue weighted by molar-refractivity contribution is 5.73. The van der Waals surface area contributed by atoms with E-state index in [0.717, 1.165) is 46.0 Å². The van der Waals surface area contributed by atoms with E-state index in [9.17, 15) is 66.1 Å². The zero-order chi connectivity index (χ0) is 81.8. The Balaban J connectivity index is 0.000000232. The number of hydrogen-bond donors (Lipinski definition) is 19. The summed E-state index contributed by atoms with van der Waals surface area (Å²) >= 11 is 0. The fraction of sp³-hybridized carbons (Fsp3) is 0.597. The molecule has 12 rings (SSSR count). The quantitative estimate of drug-likeness (QED) is 0.0189. The first kappa shape index (κ1) is 93.8. The summed E-state index contributed by atoms with van der Waals surface area (Å²) in [5.74, 6) is 0. The Morgan fingerprint density at radius 3 is 1.09 bits per heavy atom. The van der Waals surface area contributed by atoms with Crippen molar-refractivity contribution in [3.63, 3.8) is 0 Å². The monoisotopic (exact) mass is 1620 g/mol. The van der Waals surface area contributed by atoms with E-state index in [2.05, 4.69) is 40.0 Å². The molecule has 6 aromatic rings. The molecular formula is C77H116N14O24. The van der Waals surface area contributed by atoms with Crippen LogP contribution in [0.4, 0.5) is 0 Å². The van der Waals surface area contributed by atoms with Gasteiger partial charge in [-0.2, -0.15) is 0 Å². The lowest BCUT2D eigenvalue weighted by molar-refractivity contribution is -0.326. The van der Waals surface area contributed by atoms with Gasteiger partial charge in [0.2, 0.25) is 0 Å². The van der Waals surface area contributed by atoms with Crippen LogP contribution < -0.4 is 34.0 Å². The number of rotatable bonds is 30. The molecule has 6 aliphatic heterocycles. The maximum Gasteiger partial charge on any atom is 0.176 e. The van der Waals surface area contributed by atoms with Gasteiger partial charge >= 0.3 is 0 Å². The smallest absolute Gasteiger partial charge is 0.176 e. The van der Waals surface area contributed by atoms with E-state index < -0.39 is 199 Å². The fourth-order valence-corrected chi connectivity index (χ4v) is 13.5. The minimum absolute atomic E-state index is 0. The topological polar surface area (TPSA) is 598 Å². The van der Waals surface area contributed by atoms with Crippen molar-refractivity contribution in [3.05, 3.63) is 180 Å². The number of nitrogens with zero attached hydrogens (tertiary/aromatic N) is 8. The lowest BCUT2D eigenvalue weighted by atomic mass is 9.96. The van der Waals surface area contributed by atoms with Crippen molar-refractivity contribution in [2.45, 2.75) is 245 Å². The molecule has 24 N–H and O–H groups in total. The number of aliphatic hydroxyl groups is 13. The Hall–Kier alpha value is -6.67. The van der Waals surface area contributed by atoms with Crippen molar-refractivity contribution < 1.29 is 119 Å². The minimum atomic E-state index is -1.44. The van der Waals surface area contributed by atoms with Crippen LogP contribution in [0, 0.1) is 0 Å². The maximum atomic E-state index is 10.8. The van der Waals surface area contributed by atoms with E-state index in [1.54, 1.807) is 50.2 Å². The zero-order valence-corrected chi connectivity index (χ0v) is 63.3. The van der Waals surface area contributed by atoms with Crippen molar-refractivity contribution in [1.29, 1.82) is 0 Å². The van der Waals surface area contributed by atoms with Crippen molar-refractivity contribution in [3.8, 4) is 0 Å². The molecule has 0 aromatic carbocycles. The summed E-state index contributed by atoms with van der Waals surface area (Å²) in [6.45, 7) is 3.14. The molecule has 38 nitrogen and oxygen atoms in total. The van der Waals surface area contributed by atoms with Gasteiger partial charge in [-0.25, -0.2) is 0 Å². The molecule has 26 atom stereocenters. The molecule has 38 heteroatoms. The molecule has 0 amide bonds. The third kappa shape index (κ3) is 27.4. The van der Waals surface area contributed by atoms with E-state index in [1.807, 2.05) is 91.0 Å². The second-order valence-electron chi connectivity index (χ2n) is 28.4. The van der Waals surface area contributed by atoms with Gasteiger partial charge < -0.3 is 148 Å². The van der Waals surface area contributed by atoms with Gasteiger partial charge in [-0.15, -0.1) is 0 Å². The molecule has 0 saturated carbocycles. The van der Waals surface area contributed by atoms with Crippen LogP contribution in [0.25, 0.3) is 0 Å². The first-order valence-electron chi connectivity index (χ1n) is 37.9. The number of hydrogen-bond acceptors (Lipinski definition) is 38. The minimum Gasteiger partial charge on any atom is -0.397 e. The molecule has 0 aliphatic carbocycles. The number of ether oxygens (including phenoxy) is 10. The highest BCUT2D eigenvalue weighted by Gasteiger charge is 2.51. The molecular weight excluding hydrogens is 1500 g/mol. The van der Waals surface area contributed by atoms with Gasteiger partial charge in [-0.1, -0.05) is 37.8 Å². The number of pyridine rings is 6. The Morgan fingerprint density at radius 2 is 0.739 bits per heavy atom. The van der Waals surface area contributed by atoms with Gasteiger partial charge in [0.25, 0.3) is 0 Å². The molecule has 12 unspecified atom stereocenters. The summed E-state index contributed by atoms with van der Waals surface area (Å²) in [6.07, 6.45) is -9.46. The summed E-state index contributed by atoms with van der Waals surface area (Å²) in [6, 6.07) is 26.0. The average molecular weight is 1620 g/mol. The summed E-state index contributed by atoms with van der Waals surface area (Å²) in [7, 11) is 0. The number of nitrogens with one attached hydrogen (secondary N) is 1. The number of carbonyl (C=O) groups is 1. The molecule has 6 aromatic heterocycles. The predicted molar refractivity (Wildman–Crippen MR) is 408 cm³/mol. The summed E-state index contributed by atoms with van der Waals surface area (Å²) in [5.41, 5.74) is 37.2. The largest absolute Gasteiger partial charge is 0.397 e. The van der Waals surface area contributed by atoms with Crippen LogP contribution in [0.15, 0.2) is 134 Å². The first-order chi connectivity index (χ1) is 55.1. The van der Waals surface area contributed by atoms with E-state index in [-0.39, 0.29) is 39.7 Å². The summed E-state index contributed by atoms with van der Waals surface area (Å²) in [5, 5.41) is 130. The molecule has 0 spiro atoms. The molecule has 0 bridgehead atoms. The normalized spacial score (nSPS) is 32.7. The Kier molecular flexibility index (Phi) is 39.0. The van der Waals surface area contributed by atoms with Crippen molar-refractivity contribution in [1.82, 2.24) is 45.0 Å². The Labute approximate surface area is 667 Å². The van der Waals surface area contributed by atoms with E-state index in [4.69, 9.17) is 86.1 Å². The van der Waals surface area contributed by atoms with E-state index >= 15 is 0 Å². The highest BCUT2D eigenvalue weighted by Crippen LogP contribution is 2.34. The van der Waals surface area contributed by atoms with Gasteiger partial charge in [0.1, 0.15) is 61.0 Å². The Morgan fingerprint density at radius 1 is 0.409 bits per heavy atom. The van der Waals surface area contributed by atoms with E-state index in [0.29, 0.717) is 51.4 Å². The summed E-state index contributed by atoms with van der Waals surface area (Å²) in [4.78, 5) is 42.1. The van der Waals surface area contributed by atoms with Crippen LogP contribution in [0.1, 0.15) is 90.1 Å². The predicted octanol–water partition coefficient (Wildman–Crippen LogP) is -4.49. The molecule has 638 valence electrons. The van der Waals surface area contributed by atoms with Gasteiger partial charge in [0, 0.05) is 95.2 Å². The second-order valence-corrected chi connectivity index (χ2v) is 28.4. The molecule has 115 heavy (non-hydrogen) atoms. The number of aromatic nitrogens is 6. The average Bonchev–Trinajstić information content (AvgIpc) is 0.806. The van der Waals surface area contributed by atoms with Crippen LogP contribution in [0.3, 0.4) is 0 Å². The first-order valence-corrected chi connectivity index (χ1v) is 37.9. The van der Waals surface area contributed by atoms with Crippen molar-refractivity contribution >= 4 is 6.29 Å². The van der Waals surface area contributed by atoms with Crippen molar-refractivity contribution in [2.24, 2.45) is 28.7 Å². The number of aldehydes is 1. The standard InChI is InChI=1S/C37H53N7O11.C19H18N4O.C18H35N3O11.C2H6O.CH4/c38-25-11-27(29(18-45)51-35(25)50)52-36-26(12-28(30(19-46)54-36)53-37-32(39)34(49)33(48)31(20-47)55-37)43-14-21-7-8-24(42-13-21)17-44(15-22-5-1-3-9-40-22)16-23-6-2-4-10-41-23;24-15-16-7-8-19(22-11-16)14-23(12-17-5-1-3-9-20-17)13-18-6-2-4-10-21-18;19-6-1-8(10(3-22)28-16(6)27)29-17-7(20)2-9(11(4-23)31-17)30-18-13(21)15(26)14(25)12(5-24)32-18;1-2-3;/h1-10,13,25-37,43,45-50H,11-12,14-20,38-39H2;1-11,15H,12-14H2;6-18,22-27H,1-5,19-21H2;3H,2H2,1H3;1H4/t25?,26?,27-,28-,29?,30?,31?,32?,33+,34+,35+,36+,37+;;6?,7?,8-,9-,10?,11?,12?,13?,14+,15+,16+,17+,18+;;/m0.0../s1. The van der Waals surface area contributed by atoms with Gasteiger partial charge in [-0.3, -0.25) is 44.5 Å². The molecule has 0 radical (unpaired) electrons. The molecule has 12 heterocycles. The maximum absolute atomic E-state index is 10.8.